The van der Waals surface area contributed by atoms with Crippen molar-refractivity contribution in [1.29, 1.82) is 0 Å². The smallest absolute Gasteiger partial charge is 0.303 e. The number of benzene rings is 1. The average Bonchev–Trinajstić information content (AvgIpc) is 2.28. The third-order valence-electron chi connectivity index (χ3n) is 2.47. The number of halogens is 1. The summed E-state index contributed by atoms with van der Waals surface area (Å²) in [5, 5.41) is 8.47. The Morgan fingerprint density at radius 1 is 1.06 bits per heavy atom. The zero-order valence-corrected chi connectivity index (χ0v) is 11.6. The van der Waals surface area contributed by atoms with Gasteiger partial charge in [-0.25, -0.2) is 0 Å². The van der Waals surface area contributed by atoms with Crippen molar-refractivity contribution >= 4 is 34.3 Å². The highest BCUT2D eigenvalue weighted by Crippen LogP contribution is 2.15. The van der Waals surface area contributed by atoms with Crippen LogP contribution in [-0.2, 0) is 4.79 Å². The molecule has 0 saturated heterocycles. The van der Waals surface area contributed by atoms with Crippen LogP contribution in [0.3, 0.4) is 0 Å². The van der Waals surface area contributed by atoms with Crippen molar-refractivity contribution in [3.05, 3.63) is 33.4 Å². The Balaban J connectivity index is 2.31. The summed E-state index contributed by atoms with van der Waals surface area (Å²) in [6, 6.07) is 7.52. The topological polar surface area (TPSA) is 54.4 Å². The van der Waals surface area contributed by atoms with Gasteiger partial charge in [0.2, 0.25) is 0 Å². The quantitative estimate of drug-likeness (QED) is 0.467. The lowest BCUT2D eigenvalue weighted by atomic mass is 10.0. The van der Waals surface area contributed by atoms with Crippen LogP contribution in [0.1, 0.15) is 42.5 Å². The number of carbonyl (C=O) groups is 2. The molecule has 0 atom stereocenters. The van der Waals surface area contributed by atoms with Crippen LogP contribution in [-0.4, -0.2) is 16.9 Å². The number of carbonyl (C=O) groups excluding carboxylic acids is 1. The zero-order chi connectivity index (χ0) is 12.7. The molecule has 0 aliphatic carbocycles. The largest absolute Gasteiger partial charge is 0.481 e. The summed E-state index contributed by atoms with van der Waals surface area (Å²) in [5.74, 6) is -0.626. The minimum absolute atomic E-state index is 0.144. The van der Waals surface area contributed by atoms with E-state index in [-0.39, 0.29) is 12.2 Å². The minimum Gasteiger partial charge on any atom is -0.481 e. The molecule has 92 valence electrons. The van der Waals surface area contributed by atoms with E-state index in [1.54, 1.807) is 0 Å². The first-order valence-electron chi connectivity index (χ1n) is 5.61. The van der Waals surface area contributed by atoms with Gasteiger partial charge >= 0.3 is 5.97 Å². The Hall–Kier alpha value is -0.910. The number of Topliss-reactive ketones (excluding diaryl/α,β-unsaturated/α-hetero) is 1. The van der Waals surface area contributed by atoms with Gasteiger partial charge in [-0.15, -0.1) is 0 Å². The standard InChI is InChI=1S/C13H15IO3/c14-11-7-5-4-6-10(11)12(15)8-2-1-3-9-13(16)17/h4-7H,1-3,8-9H2,(H,16,17). The van der Waals surface area contributed by atoms with Gasteiger partial charge in [-0.05, 0) is 41.5 Å². The summed E-state index contributed by atoms with van der Waals surface area (Å²) in [7, 11) is 0. The third-order valence-corrected chi connectivity index (χ3v) is 3.41. The van der Waals surface area contributed by atoms with E-state index in [0.717, 1.165) is 22.0 Å². The van der Waals surface area contributed by atoms with E-state index >= 15 is 0 Å². The van der Waals surface area contributed by atoms with Gasteiger partial charge in [-0.2, -0.15) is 0 Å². The highest BCUT2D eigenvalue weighted by Gasteiger charge is 2.08. The number of hydrogen-bond acceptors (Lipinski definition) is 2. The van der Waals surface area contributed by atoms with Gasteiger partial charge < -0.3 is 5.11 Å². The van der Waals surface area contributed by atoms with Gasteiger partial charge in [0.05, 0.1) is 0 Å². The Morgan fingerprint density at radius 2 is 1.71 bits per heavy atom. The Labute approximate surface area is 114 Å². The summed E-state index contributed by atoms with van der Waals surface area (Å²) in [6.45, 7) is 0. The molecule has 0 amide bonds. The fraction of sp³-hybridized carbons (Fsp3) is 0.385. The first-order valence-corrected chi connectivity index (χ1v) is 6.68. The molecular weight excluding hydrogens is 331 g/mol. The van der Waals surface area contributed by atoms with E-state index in [1.807, 2.05) is 24.3 Å². The van der Waals surface area contributed by atoms with Gasteiger partial charge in [-0.1, -0.05) is 24.6 Å². The molecule has 1 rings (SSSR count). The number of aliphatic carboxylic acids is 1. The molecule has 3 nitrogen and oxygen atoms in total. The molecule has 1 N–H and O–H groups in total. The Bertz CT molecular complexity index is 401. The van der Waals surface area contributed by atoms with Crippen molar-refractivity contribution in [2.24, 2.45) is 0 Å². The van der Waals surface area contributed by atoms with Crippen molar-refractivity contribution in [3.8, 4) is 0 Å². The van der Waals surface area contributed by atoms with Crippen LogP contribution in [0.25, 0.3) is 0 Å². The molecule has 17 heavy (non-hydrogen) atoms. The van der Waals surface area contributed by atoms with Gasteiger partial charge in [0.25, 0.3) is 0 Å². The molecule has 0 aliphatic rings. The molecule has 0 spiro atoms. The van der Waals surface area contributed by atoms with Gasteiger partial charge in [-0.3, -0.25) is 9.59 Å². The van der Waals surface area contributed by atoms with Gasteiger partial charge in [0.1, 0.15) is 0 Å². The number of rotatable bonds is 7. The number of carboxylic acid groups (broad SMARTS) is 1. The van der Waals surface area contributed by atoms with E-state index < -0.39 is 5.97 Å². The van der Waals surface area contributed by atoms with E-state index in [9.17, 15) is 9.59 Å². The SMILES string of the molecule is O=C(O)CCCCCC(=O)c1ccccc1I. The second-order valence-electron chi connectivity index (χ2n) is 3.86. The van der Waals surface area contributed by atoms with E-state index in [2.05, 4.69) is 22.6 Å². The second kappa shape index (κ2) is 7.42. The lowest BCUT2D eigenvalue weighted by Gasteiger charge is -2.03. The van der Waals surface area contributed by atoms with E-state index in [0.29, 0.717) is 12.8 Å². The normalized spacial score (nSPS) is 10.2. The highest BCUT2D eigenvalue weighted by atomic mass is 127. The average molecular weight is 346 g/mol. The monoisotopic (exact) mass is 346 g/mol. The Morgan fingerprint density at radius 3 is 2.35 bits per heavy atom. The summed E-state index contributed by atoms with van der Waals surface area (Å²) in [5.41, 5.74) is 0.770. The molecule has 0 aliphatic heterocycles. The lowest BCUT2D eigenvalue weighted by Crippen LogP contribution is -2.01. The van der Waals surface area contributed by atoms with Crippen LogP contribution in [0, 0.1) is 3.57 Å². The summed E-state index contributed by atoms with van der Waals surface area (Å²) in [6.07, 6.45) is 2.89. The van der Waals surface area contributed by atoms with E-state index in [4.69, 9.17) is 5.11 Å². The maximum atomic E-state index is 11.8. The highest BCUT2D eigenvalue weighted by molar-refractivity contribution is 14.1. The number of ketones is 1. The third kappa shape index (κ3) is 5.30. The van der Waals surface area contributed by atoms with Crippen molar-refractivity contribution in [2.45, 2.75) is 32.1 Å². The lowest BCUT2D eigenvalue weighted by molar-refractivity contribution is -0.137. The summed E-state index contributed by atoms with van der Waals surface area (Å²) in [4.78, 5) is 22.1. The molecule has 0 saturated carbocycles. The first-order chi connectivity index (χ1) is 8.11. The molecule has 0 fully saturated rings. The van der Waals surface area contributed by atoms with Crippen molar-refractivity contribution in [3.63, 3.8) is 0 Å². The molecule has 0 heterocycles. The molecule has 0 aromatic heterocycles. The molecule has 0 bridgehead atoms. The molecular formula is C13H15IO3. The number of hydrogen-bond donors (Lipinski definition) is 1. The maximum absolute atomic E-state index is 11.8. The fourth-order valence-electron chi connectivity index (χ4n) is 1.56. The molecule has 0 radical (unpaired) electrons. The van der Waals surface area contributed by atoms with Crippen LogP contribution in [0.5, 0.6) is 0 Å². The van der Waals surface area contributed by atoms with Crippen molar-refractivity contribution < 1.29 is 14.7 Å². The second-order valence-corrected chi connectivity index (χ2v) is 5.02. The van der Waals surface area contributed by atoms with Crippen LogP contribution in [0.2, 0.25) is 0 Å². The van der Waals surface area contributed by atoms with Crippen LogP contribution >= 0.6 is 22.6 Å². The van der Waals surface area contributed by atoms with E-state index in [1.165, 1.54) is 0 Å². The predicted molar refractivity (Wildman–Crippen MR) is 74.2 cm³/mol. The Kier molecular flexibility index (Phi) is 6.18. The zero-order valence-electron chi connectivity index (χ0n) is 9.49. The predicted octanol–water partition coefficient (Wildman–Crippen LogP) is 3.51. The fourth-order valence-corrected chi connectivity index (χ4v) is 2.25. The minimum atomic E-state index is -0.770. The van der Waals surface area contributed by atoms with Gasteiger partial charge in [0.15, 0.2) is 5.78 Å². The molecule has 0 unspecified atom stereocenters. The van der Waals surface area contributed by atoms with Crippen LogP contribution in [0.15, 0.2) is 24.3 Å². The molecule has 4 heteroatoms. The van der Waals surface area contributed by atoms with Crippen molar-refractivity contribution in [2.75, 3.05) is 0 Å². The summed E-state index contributed by atoms with van der Waals surface area (Å²) >= 11 is 2.15. The maximum Gasteiger partial charge on any atom is 0.303 e. The van der Waals surface area contributed by atoms with Crippen molar-refractivity contribution in [1.82, 2.24) is 0 Å². The molecule has 1 aromatic carbocycles. The molecule has 1 aromatic rings. The van der Waals surface area contributed by atoms with Gasteiger partial charge in [0, 0.05) is 22.0 Å². The number of unbranched alkanes of at least 4 members (excludes halogenated alkanes) is 2. The van der Waals surface area contributed by atoms with Crippen LogP contribution in [0.4, 0.5) is 0 Å². The first kappa shape index (κ1) is 14.2. The number of carboxylic acids is 1. The van der Waals surface area contributed by atoms with Crippen LogP contribution < -0.4 is 0 Å². The summed E-state index contributed by atoms with van der Waals surface area (Å²) < 4.78 is 0.973.